The number of aromatic nitrogens is 1. The molecule has 2 aromatic carbocycles. The predicted octanol–water partition coefficient (Wildman–Crippen LogP) is 5.10. The fourth-order valence-electron chi connectivity index (χ4n) is 4.27. The zero-order valence-electron chi connectivity index (χ0n) is 15.6. The summed E-state index contributed by atoms with van der Waals surface area (Å²) < 4.78 is 19.7. The highest BCUT2D eigenvalue weighted by molar-refractivity contribution is 6.30. The summed E-state index contributed by atoms with van der Waals surface area (Å²) in [7, 11) is 0. The molecule has 29 heavy (non-hydrogen) atoms. The molecular formula is C22H19ClFN3O2. The van der Waals surface area contributed by atoms with Crippen molar-refractivity contribution in [3.63, 3.8) is 0 Å². The minimum absolute atomic E-state index is 0.0744. The molecule has 1 saturated carbocycles. The number of benzene rings is 2. The summed E-state index contributed by atoms with van der Waals surface area (Å²) in [5, 5.41) is 4.21. The molecule has 1 spiro atoms. The van der Waals surface area contributed by atoms with Gasteiger partial charge in [0.15, 0.2) is 0 Å². The van der Waals surface area contributed by atoms with Crippen molar-refractivity contribution in [2.24, 2.45) is 5.41 Å². The fraction of sp³-hybridized carbons (Fsp3) is 0.273. The van der Waals surface area contributed by atoms with Crippen molar-refractivity contribution < 1.29 is 13.9 Å². The summed E-state index contributed by atoms with van der Waals surface area (Å²) in [4.78, 5) is 18.4. The number of carbonyl (C=O) groups is 1. The SMILES string of the molecule is O=C(Nc1ccc(Cl)cc1)N1CC2(CC(Oc3ccnc4ccc(F)cc34)C2)C1. The number of fused-ring (bicyclic) bond motifs is 1. The number of nitrogens with one attached hydrogen (secondary N) is 1. The van der Waals surface area contributed by atoms with Crippen molar-refractivity contribution in [3.8, 4) is 5.75 Å². The van der Waals surface area contributed by atoms with Gasteiger partial charge >= 0.3 is 6.03 Å². The average molecular weight is 412 g/mol. The topological polar surface area (TPSA) is 54.5 Å². The van der Waals surface area contributed by atoms with E-state index in [1.807, 2.05) is 4.90 Å². The number of nitrogens with zero attached hydrogens (tertiary/aromatic N) is 2. The summed E-state index contributed by atoms with van der Waals surface area (Å²) in [5.41, 5.74) is 1.58. The van der Waals surface area contributed by atoms with Gasteiger partial charge in [-0.3, -0.25) is 4.98 Å². The van der Waals surface area contributed by atoms with Crippen LogP contribution in [0.5, 0.6) is 5.75 Å². The number of rotatable bonds is 3. The quantitative estimate of drug-likeness (QED) is 0.652. The lowest BCUT2D eigenvalue weighted by Gasteiger charge is -2.58. The number of carbonyl (C=O) groups excluding carboxylic acids is 1. The molecule has 148 valence electrons. The van der Waals surface area contributed by atoms with Gasteiger partial charge in [-0.1, -0.05) is 11.6 Å². The van der Waals surface area contributed by atoms with Gasteiger partial charge in [-0.15, -0.1) is 0 Å². The highest BCUT2D eigenvalue weighted by Crippen LogP contribution is 2.50. The molecule has 2 heterocycles. The molecule has 2 fully saturated rings. The van der Waals surface area contributed by atoms with Crippen molar-refractivity contribution in [2.75, 3.05) is 18.4 Å². The van der Waals surface area contributed by atoms with E-state index >= 15 is 0 Å². The van der Waals surface area contributed by atoms with Crippen LogP contribution < -0.4 is 10.1 Å². The van der Waals surface area contributed by atoms with Crippen molar-refractivity contribution in [1.29, 1.82) is 0 Å². The second-order valence-corrected chi connectivity index (χ2v) is 8.35. The Morgan fingerprint density at radius 1 is 1.17 bits per heavy atom. The molecule has 1 aliphatic heterocycles. The van der Waals surface area contributed by atoms with Crippen LogP contribution >= 0.6 is 11.6 Å². The first-order valence-corrected chi connectivity index (χ1v) is 9.90. The largest absolute Gasteiger partial charge is 0.490 e. The van der Waals surface area contributed by atoms with Crippen LogP contribution in [0.4, 0.5) is 14.9 Å². The highest BCUT2D eigenvalue weighted by atomic mass is 35.5. The highest BCUT2D eigenvalue weighted by Gasteiger charge is 2.54. The molecule has 0 atom stereocenters. The molecule has 1 aromatic heterocycles. The Balaban J connectivity index is 1.16. The molecule has 5 nitrogen and oxygen atoms in total. The van der Waals surface area contributed by atoms with Crippen molar-refractivity contribution in [2.45, 2.75) is 18.9 Å². The van der Waals surface area contributed by atoms with Crippen LogP contribution in [0.3, 0.4) is 0 Å². The minimum atomic E-state index is -0.304. The standard InChI is InChI=1S/C22H19ClFN3O2/c23-14-1-4-16(5-2-14)26-21(28)27-12-22(13-27)10-17(11-22)29-20-7-8-25-19-6-3-15(24)9-18(19)20/h1-9,17H,10-13H2,(H,26,28). The maximum atomic E-state index is 13.6. The van der Waals surface area contributed by atoms with Gasteiger partial charge in [-0.2, -0.15) is 0 Å². The van der Waals surface area contributed by atoms with Crippen molar-refractivity contribution in [3.05, 3.63) is 65.6 Å². The Bertz CT molecular complexity index is 1080. The fourth-order valence-corrected chi connectivity index (χ4v) is 4.39. The summed E-state index contributed by atoms with van der Waals surface area (Å²) >= 11 is 5.87. The zero-order valence-corrected chi connectivity index (χ0v) is 16.3. The lowest BCUT2D eigenvalue weighted by atomic mass is 9.62. The molecule has 7 heteroatoms. The smallest absolute Gasteiger partial charge is 0.321 e. The minimum Gasteiger partial charge on any atom is -0.490 e. The van der Waals surface area contributed by atoms with Gasteiger partial charge in [0.05, 0.1) is 5.52 Å². The van der Waals surface area contributed by atoms with Crippen LogP contribution in [0.1, 0.15) is 12.8 Å². The van der Waals surface area contributed by atoms with E-state index in [1.165, 1.54) is 12.1 Å². The van der Waals surface area contributed by atoms with Gasteiger partial charge in [0.1, 0.15) is 17.7 Å². The number of anilines is 1. The number of ether oxygens (including phenoxy) is 1. The molecule has 0 radical (unpaired) electrons. The van der Waals surface area contributed by atoms with Crippen LogP contribution in [0.2, 0.25) is 5.02 Å². The molecule has 1 saturated heterocycles. The molecule has 0 bridgehead atoms. The van der Waals surface area contributed by atoms with Gasteiger partial charge < -0.3 is 15.0 Å². The third kappa shape index (κ3) is 3.49. The Morgan fingerprint density at radius 2 is 1.93 bits per heavy atom. The van der Waals surface area contributed by atoms with E-state index < -0.39 is 0 Å². The summed E-state index contributed by atoms with van der Waals surface area (Å²) in [6.07, 6.45) is 3.52. The van der Waals surface area contributed by atoms with E-state index in [2.05, 4.69) is 10.3 Å². The molecule has 0 unspecified atom stereocenters. The second kappa shape index (κ2) is 6.88. The Morgan fingerprint density at radius 3 is 2.69 bits per heavy atom. The van der Waals surface area contributed by atoms with Gasteiger partial charge in [0.2, 0.25) is 0 Å². The Labute approximate surface area is 172 Å². The summed E-state index contributed by atoms with van der Waals surface area (Å²) in [6.45, 7) is 1.44. The third-order valence-corrected chi connectivity index (χ3v) is 5.97. The molecular weight excluding hydrogens is 393 g/mol. The van der Waals surface area contributed by atoms with Crippen LogP contribution in [0.15, 0.2) is 54.7 Å². The zero-order chi connectivity index (χ0) is 20.0. The van der Waals surface area contributed by atoms with E-state index in [1.54, 1.807) is 42.6 Å². The number of pyridine rings is 1. The molecule has 1 N–H and O–H groups in total. The van der Waals surface area contributed by atoms with Crippen LogP contribution in [0, 0.1) is 11.2 Å². The van der Waals surface area contributed by atoms with Crippen molar-refractivity contribution >= 4 is 34.2 Å². The first kappa shape index (κ1) is 18.2. The molecule has 2 aliphatic rings. The van der Waals surface area contributed by atoms with Crippen molar-refractivity contribution in [1.82, 2.24) is 9.88 Å². The number of hydrogen-bond acceptors (Lipinski definition) is 3. The molecule has 2 amide bonds. The number of likely N-dealkylation sites (tertiary alicyclic amines) is 1. The Hall–Kier alpha value is -2.86. The molecule has 3 aromatic rings. The van der Waals surface area contributed by atoms with Crippen LogP contribution in [-0.4, -0.2) is 35.1 Å². The molecule has 1 aliphatic carbocycles. The van der Waals surface area contributed by atoms with E-state index in [0.717, 1.165) is 31.6 Å². The van der Waals surface area contributed by atoms with Crippen LogP contribution in [-0.2, 0) is 0 Å². The molecule has 5 rings (SSSR count). The number of hydrogen-bond donors (Lipinski definition) is 1. The van der Waals surface area contributed by atoms with Gasteiger partial charge in [0.25, 0.3) is 0 Å². The number of halogens is 2. The van der Waals surface area contributed by atoms with Gasteiger partial charge in [0, 0.05) is 40.8 Å². The average Bonchev–Trinajstić information content (AvgIpc) is 2.64. The van der Waals surface area contributed by atoms with E-state index in [9.17, 15) is 9.18 Å². The summed E-state index contributed by atoms with van der Waals surface area (Å²) in [5.74, 6) is 0.354. The predicted molar refractivity (Wildman–Crippen MR) is 110 cm³/mol. The lowest BCUT2D eigenvalue weighted by molar-refractivity contribution is -0.0978. The monoisotopic (exact) mass is 411 g/mol. The lowest BCUT2D eigenvalue weighted by Crippen LogP contribution is -2.66. The number of urea groups is 1. The van der Waals surface area contributed by atoms with Crippen LogP contribution in [0.25, 0.3) is 10.9 Å². The maximum Gasteiger partial charge on any atom is 0.321 e. The van der Waals surface area contributed by atoms with E-state index in [-0.39, 0.29) is 23.4 Å². The van der Waals surface area contributed by atoms with E-state index in [0.29, 0.717) is 21.7 Å². The summed E-state index contributed by atoms with van der Waals surface area (Å²) in [6, 6.07) is 13.2. The van der Waals surface area contributed by atoms with Gasteiger partial charge in [-0.25, -0.2) is 9.18 Å². The number of amides is 2. The normalized spacial score (nSPS) is 17.7. The maximum absolute atomic E-state index is 13.6. The first-order valence-electron chi connectivity index (χ1n) is 9.52. The van der Waals surface area contributed by atoms with Gasteiger partial charge in [-0.05, 0) is 61.4 Å². The third-order valence-electron chi connectivity index (χ3n) is 5.71. The first-order chi connectivity index (χ1) is 14.0. The second-order valence-electron chi connectivity index (χ2n) is 7.91. The Kier molecular flexibility index (Phi) is 4.32. The van der Waals surface area contributed by atoms with E-state index in [4.69, 9.17) is 16.3 Å².